The van der Waals surface area contributed by atoms with Gasteiger partial charge in [0.25, 0.3) is 0 Å². The van der Waals surface area contributed by atoms with E-state index in [0.717, 1.165) is 61.8 Å². The number of benzene rings is 5. The summed E-state index contributed by atoms with van der Waals surface area (Å²) in [5.41, 5.74) is 9.84. The maximum atomic E-state index is 6.55. The molecule has 1 aliphatic rings. The van der Waals surface area contributed by atoms with Gasteiger partial charge in [0.15, 0.2) is 0 Å². The van der Waals surface area contributed by atoms with Crippen molar-refractivity contribution < 1.29 is 4.74 Å². The van der Waals surface area contributed by atoms with Gasteiger partial charge in [-0.15, -0.1) is 0 Å². The highest BCUT2D eigenvalue weighted by molar-refractivity contribution is 6.16. The first-order valence-electron chi connectivity index (χ1n) is 16.2. The Balaban J connectivity index is 1.30. The highest BCUT2D eigenvalue weighted by Crippen LogP contribution is 2.55. The second-order valence-electron chi connectivity index (χ2n) is 12.7. The molecule has 9 rings (SSSR count). The molecule has 3 aromatic heterocycles. The van der Waals surface area contributed by atoms with Crippen molar-refractivity contribution >= 4 is 38.9 Å². The lowest BCUT2D eigenvalue weighted by Crippen LogP contribution is -2.31. The van der Waals surface area contributed by atoms with Crippen LogP contribution in [0, 0.1) is 0 Å². The zero-order chi connectivity index (χ0) is 32.2. The van der Waals surface area contributed by atoms with E-state index in [0.29, 0.717) is 0 Å². The number of ether oxygens (including phenoxy) is 1. The molecule has 48 heavy (non-hydrogen) atoms. The van der Waals surface area contributed by atoms with Crippen LogP contribution in [0.5, 0.6) is 11.5 Å². The third-order valence-electron chi connectivity index (χ3n) is 9.51. The van der Waals surface area contributed by atoms with Crippen LogP contribution in [-0.4, -0.2) is 14.5 Å². The molecule has 0 spiro atoms. The van der Waals surface area contributed by atoms with E-state index >= 15 is 0 Å². The van der Waals surface area contributed by atoms with Crippen molar-refractivity contribution in [2.45, 2.75) is 19.3 Å². The fourth-order valence-corrected chi connectivity index (χ4v) is 7.28. The number of anilines is 3. The van der Waals surface area contributed by atoms with Gasteiger partial charge in [-0.25, -0.2) is 4.98 Å². The Morgan fingerprint density at radius 1 is 0.583 bits per heavy atom. The Kier molecular flexibility index (Phi) is 6.40. The summed E-state index contributed by atoms with van der Waals surface area (Å²) in [6.45, 7) is 4.66. The minimum Gasteiger partial charge on any atom is -0.457 e. The Morgan fingerprint density at radius 2 is 1.33 bits per heavy atom. The molecule has 8 aromatic rings. The maximum absolute atomic E-state index is 6.55. The fraction of sp³-hybridized carbons (Fsp3) is 0.0698. The monoisotopic (exact) mass is 620 g/mol. The lowest BCUT2D eigenvalue weighted by molar-refractivity contribution is 0.483. The predicted molar refractivity (Wildman–Crippen MR) is 195 cm³/mol. The van der Waals surface area contributed by atoms with Crippen molar-refractivity contribution in [3.8, 4) is 28.6 Å². The van der Waals surface area contributed by atoms with E-state index in [4.69, 9.17) is 9.72 Å². The van der Waals surface area contributed by atoms with E-state index < -0.39 is 0 Å². The van der Waals surface area contributed by atoms with Crippen LogP contribution in [0.2, 0.25) is 0 Å². The maximum Gasteiger partial charge on any atom is 0.137 e. The van der Waals surface area contributed by atoms with Gasteiger partial charge in [-0.1, -0.05) is 86.6 Å². The molecule has 0 amide bonds. The number of hydrogen-bond donors (Lipinski definition) is 0. The molecule has 0 radical (unpaired) electrons. The average molecular weight is 621 g/mol. The summed E-state index contributed by atoms with van der Waals surface area (Å²) in [6, 6.07) is 50.5. The molecule has 5 nitrogen and oxygen atoms in total. The van der Waals surface area contributed by atoms with Gasteiger partial charge < -0.3 is 9.64 Å². The predicted octanol–water partition coefficient (Wildman–Crippen LogP) is 11.1. The van der Waals surface area contributed by atoms with E-state index in [1.165, 1.54) is 16.8 Å². The minimum absolute atomic E-state index is 0.232. The van der Waals surface area contributed by atoms with Crippen LogP contribution in [0.4, 0.5) is 17.1 Å². The smallest absolute Gasteiger partial charge is 0.137 e. The van der Waals surface area contributed by atoms with Crippen molar-refractivity contribution in [3.05, 3.63) is 169 Å². The van der Waals surface area contributed by atoms with E-state index in [1.54, 1.807) is 0 Å². The summed E-state index contributed by atoms with van der Waals surface area (Å²) in [5, 5.41) is 2.30. The molecular formula is C43H32N4O. The number of rotatable bonds is 5. The topological polar surface area (TPSA) is 43.2 Å². The average Bonchev–Trinajstić information content (AvgIpc) is 3.47. The molecule has 230 valence electrons. The number of pyridine rings is 2. The van der Waals surface area contributed by atoms with E-state index in [2.05, 4.69) is 125 Å². The van der Waals surface area contributed by atoms with Gasteiger partial charge in [-0.05, 0) is 77.9 Å². The highest BCUT2D eigenvalue weighted by Gasteiger charge is 2.39. The van der Waals surface area contributed by atoms with E-state index in [9.17, 15) is 0 Å². The molecule has 5 heteroatoms. The molecule has 0 aliphatic carbocycles. The zero-order valence-corrected chi connectivity index (χ0v) is 26.7. The van der Waals surface area contributed by atoms with Crippen LogP contribution in [0.3, 0.4) is 0 Å². The Hall–Kier alpha value is -6.20. The third-order valence-corrected chi connectivity index (χ3v) is 9.51. The second-order valence-corrected chi connectivity index (χ2v) is 12.7. The fourth-order valence-electron chi connectivity index (χ4n) is 7.28. The van der Waals surface area contributed by atoms with Crippen LogP contribution < -0.4 is 9.64 Å². The summed E-state index contributed by atoms with van der Waals surface area (Å²) in [5.74, 6) is 2.36. The first-order valence-corrected chi connectivity index (χ1v) is 16.2. The second kappa shape index (κ2) is 11.0. The van der Waals surface area contributed by atoms with Crippen LogP contribution in [0.15, 0.2) is 158 Å². The molecule has 0 atom stereocenters. The lowest BCUT2D eigenvalue weighted by Gasteiger charge is -2.42. The highest BCUT2D eigenvalue weighted by atomic mass is 16.5. The quantitative estimate of drug-likeness (QED) is 0.192. The van der Waals surface area contributed by atoms with Gasteiger partial charge in [-0.2, -0.15) is 0 Å². The molecule has 4 heterocycles. The Morgan fingerprint density at radius 3 is 2.15 bits per heavy atom. The standard InChI is InChI=1S/C43H32N4O/c1-43(2)35-17-6-7-19-38(35)46(30-14-4-3-5-15-30)42-36(43)24-23-34-33-22-21-32(28-39(33)47(41(34)42)40-20-9-11-26-45-40)48-31-16-12-13-29(27-31)37-18-8-10-25-44-37/h3-28H,1-2H3. The summed E-state index contributed by atoms with van der Waals surface area (Å²) in [7, 11) is 0. The van der Waals surface area contributed by atoms with Gasteiger partial charge in [0.2, 0.25) is 0 Å². The zero-order valence-electron chi connectivity index (χ0n) is 26.7. The van der Waals surface area contributed by atoms with Crippen molar-refractivity contribution in [3.63, 3.8) is 0 Å². The van der Waals surface area contributed by atoms with Crippen molar-refractivity contribution in [1.82, 2.24) is 14.5 Å². The summed E-state index contributed by atoms with van der Waals surface area (Å²) < 4.78 is 8.85. The number of hydrogen-bond acceptors (Lipinski definition) is 4. The normalized spacial score (nSPS) is 13.3. The molecule has 0 saturated carbocycles. The van der Waals surface area contributed by atoms with Gasteiger partial charge >= 0.3 is 0 Å². The SMILES string of the molecule is CC1(C)c2ccccc2N(c2ccccc2)c2c1ccc1c3ccc(Oc4cccc(-c5ccccn5)c4)cc3n(-c3ccccn3)c21. The van der Waals surface area contributed by atoms with Crippen LogP contribution in [-0.2, 0) is 5.41 Å². The van der Waals surface area contributed by atoms with Crippen molar-refractivity contribution in [2.24, 2.45) is 0 Å². The Labute approximate surface area is 279 Å². The first kappa shape index (κ1) is 28.1. The molecule has 0 bridgehead atoms. The van der Waals surface area contributed by atoms with Crippen LogP contribution in [0.1, 0.15) is 25.0 Å². The number of para-hydroxylation sites is 2. The molecule has 0 fully saturated rings. The lowest BCUT2D eigenvalue weighted by atomic mass is 9.73. The number of nitrogens with zero attached hydrogens (tertiary/aromatic N) is 4. The molecule has 1 aliphatic heterocycles. The van der Waals surface area contributed by atoms with Crippen LogP contribution >= 0.6 is 0 Å². The molecule has 5 aromatic carbocycles. The van der Waals surface area contributed by atoms with E-state index in [1.807, 2.05) is 60.9 Å². The first-order chi connectivity index (χ1) is 23.6. The number of fused-ring (bicyclic) bond motifs is 6. The van der Waals surface area contributed by atoms with Gasteiger partial charge in [0.05, 0.1) is 28.1 Å². The minimum atomic E-state index is -0.232. The molecule has 0 saturated heterocycles. The summed E-state index contributed by atoms with van der Waals surface area (Å²) in [6.07, 6.45) is 3.67. The molecule has 0 unspecified atom stereocenters. The van der Waals surface area contributed by atoms with Gasteiger partial charge in [0.1, 0.15) is 17.3 Å². The van der Waals surface area contributed by atoms with E-state index in [-0.39, 0.29) is 5.41 Å². The number of aromatic nitrogens is 3. The van der Waals surface area contributed by atoms with Gasteiger partial charge in [0, 0.05) is 45.9 Å². The summed E-state index contributed by atoms with van der Waals surface area (Å²) in [4.78, 5) is 11.9. The van der Waals surface area contributed by atoms with Crippen molar-refractivity contribution in [1.29, 1.82) is 0 Å². The third kappa shape index (κ3) is 4.39. The van der Waals surface area contributed by atoms with Crippen LogP contribution in [0.25, 0.3) is 38.9 Å². The largest absolute Gasteiger partial charge is 0.457 e. The molecular weight excluding hydrogens is 589 g/mol. The van der Waals surface area contributed by atoms with Crippen molar-refractivity contribution in [2.75, 3.05) is 4.90 Å². The Bertz CT molecular complexity index is 2450. The van der Waals surface area contributed by atoms with Gasteiger partial charge in [-0.3, -0.25) is 9.55 Å². The molecule has 0 N–H and O–H groups in total. The summed E-state index contributed by atoms with van der Waals surface area (Å²) >= 11 is 0.